The average Bonchev–Trinajstić information content (AvgIpc) is 2.48. The van der Waals surface area contributed by atoms with Crippen molar-refractivity contribution in [3.63, 3.8) is 0 Å². The summed E-state index contributed by atoms with van der Waals surface area (Å²) < 4.78 is 5.55. The molecule has 1 aliphatic rings. The Labute approximate surface area is 133 Å². The topological polar surface area (TPSA) is 24.5 Å². The van der Waals surface area contributed by atoms with Crippen molar-refractivity contribution in [1.82, 2.24) is 10.2 Å². The van der Waals surface area contributed by atoms with E-state index >= 15 is 0 Å². The second-order valence-corrected chi connectivity index (χ2v) is 6.66. The number of rotatable bonds is 6. The molecule has 0 spiro atoms. The van der Waals surface area contributed by atoms with Crippen molar-refractivity contribution in [1.29, 1.82) is 0 Å². The molecule has 0 aliphatic carbocycles. The fraction of sp³-hybridized carbons (Fsp3) is 0.647. The molecule has 1 aliphatic heterocycles. The molecule has 1 aromatic carbocycles. The molecule has 0 amide bonds. The van der Waals surface area contributed by atoms with Gasteiger partial charge in [0.25, 0.3) is 0 Å². The summed E-state index contributed by atoms with van der Waals surface area (Å²) >= 11 is 6.34. The van der Waals surface area contributed by atoms with Crippen LogP contribution in [-0.2, 0) is 4.74 Å². The van der Waals surface area contributed by atoms with Gasteiger partial charge in [-0.3, -0.25) is 4.90 Å². The Morgan fingerprint density at radius 3 is 2.62 bits per heavy atom. The summed E-state index contributed by atoms with van der Waals surface area (Å²) in [7, 11) is 4.23. The van der Waals surface area contributed by atoms with Gasteiger partial charge >= 0.3 is 0 Å². The first kappa shape index (κ1) is 16.8. The monoisotopic (exact) mass is 310 g/mol. The average molecular weight is 311 g/mol. The van der Waals surface area contributed by atoms with E-state index in [2.05, 4.69) is 36.3 Å². The molecule has 0 saturated carbocycles. The maximum Gasteiger partial charge on any atom is 0.0472 e. The SMILES string of the molecule is CNCC1(CN(C)C(C)c2ccccc2Cl)CCOCC1. The Morgan fingerprint density at radius 1 is 1.33 bits per heavy atom. The fourth-order valence-electron chi connectivity index (χ4n) is 3.29. The first-order chi connectivity index (χ1) is 10.1. The van der Waals surface area contributed by atoms with E-state index in [1.807, 2.05) is 19.2 Å². The van der Waals surface area contributed by atoms with Gasteiger partial charge in [0.15, 0.2) is 0 Å². The van der Waals surface area contributed by atoms with Crippen LogP contribution >= 0.6 is 11.6 Å². The van der Waals surface area contributed by atoms with Crippen molar-refractivity contribution >= 4 is 11.6 Å². The molecule has 0 radical (unpaired) electrons. The van der Waals surface area contributed by atoms with Gasteiger partial charge in [0, 0.05) is 37.4 Å². The highest BCUT2D eigenvalue weighted by molar-refractivity contribution is 6.31. The summed E-state index contributed by atoms with van der Waals surface area (Å²) in [5, 5.41) is 4.22. The van der Waals surface area contributed by atoms with Gasteiger partial charge in [-0.25, -0.2) is 0 Å². The molecule has 118 valence electrons. The number of ether oxygens (including phenoxy) is 1. The minimum atomic E-state index is 0.303. The van der Waals surface area contributed by atoms with Crippen molar-refractivity contribution in [3.05, 3.63) is 34.9 Å². The summed E-state index contributed by atoms with van der Waals surface area (Å²) in [6, 6.07) is 8.45. The van der Waals surface area contributed by atoms with E-state index in [9.17, 15) is 0 Å². The predicted octanol–water partition coefficient (Wildman–Crippen LogP) is 3.35. The lowest BCUT2D eigenvalue weighted by Gasteiger charge is -2.41. The predicted molar refractivity (Wildman–Crippen MR) is 88.9 cm³/mol. The summed E-state index contributed by atoms with van der Waals surface area (Å²) in [6.07, 6.45) is 2.24. The highest BCUT2D eigenvalue weighted by Crippen LogP contribution is 2.34. The Bertz CT molecular complexity index is 441. The third kappa shape index (κ3) is 4.19. The minimum absolute atomic E-state index is 0.303. The maximum absolute atomic E-state index is 6.34. The molecular formula is C17H27ClN2O. The van der Waals surface area contributed by atoms with Gasteiger partial charge in [-0.15, -0.1) is 0 Å². The summed E-state index contributed by atoms with van der Waals surface area (Å²) in [5.74, 6) is 0. The lowest BCUT2D eigenvalue weighted by Crippen LogP contribution is -2.46. The number of hydrogen-bond donors (Lipinski definition) is 1. The van der Waals surface area contributed by atoms with Crippen molar-refractivity contribution < 1.29 is 4.74 Å². The van der Waals surface area contributed by atoms with E-state index in [0.29, 0.717) is 11.5 Å². The van der Waals surface area contributed by atoms with E-state index in [0.717, 1.165) is 44.2 Å². The number of halogens is 1. The van der Waals surface area contributed by atoms with Gasteiger partial charge in [0.05, 0.1) is 0 Å². The van der Waals surface area contributed by atoms with Crippen molar-refractivity contribution in [2.24, 2.45) is 5.41 Å². The molecule has 1 heterocycles. The van der Waals surface area contributed by atoms with Crippen LogP contribution in [0.5, 0.6) is 0 Å². The molecule has 1 fully saturated rings. The molecule has 2 rings (SSSR count). The molecule has 1 aromatic rings. The van der Waals surface area contributed by atoms with Crippen LogP contribution in [0.2, 0.25) is 5.02 Å². The van der Waals surface area contributed by atoms with Crippen LogP contribution in [0.4, 0.5) is 0 Å². The van der Waals surface area contributed by atoms with Crippen LogP contribution in [0.25, 0.3) is 0 Å². The molecule has 1 unspecified atom stereocenters. The van der Waals surface area contributed by atoms with E-state index in [1.54, 1.807) is 0 Å². The second kappa shape index (κ2) is 7.59. The van der Waals surface area contributed by atoms with Crippen LogP contribution in [-0.4, -0.2) is 45.3 Å². The van der Waals surface area contributed by atoms with Crippen LogP contribution in [0, 0.1) is 5.41 Å². The van der Waals surface area contributed by atoms with Crippen LogP contribution in [0.1, 0.15) is 31.4 Å². The van der Waals surface area contributed by atoms with Crippen molar-refractivity contribution in [3.8, 4) is 0 Å². The van der Waals surface area contributed by atoms with Gasteiger partial charge in [-0.05, 0) is 50.9 Å². The molecule has 0 bridgehead atoms. The quantitative estimate of drug-likeness (QED) is 0.872. The third-order valence-corrected chi connectivity index (χ3v) is 5.05. The molecular weight excluding hydrogens is 284 g/mol. The smallest absolute Gasteiger partial charge is 0.0472 e. The van der Waals surface area contributed by atoms with E-state index < -0.39 is 0 Å². The van der Waals surface area contributed by atoms with E-state index in [1.165, 1.54) is 5.56 Å². The van der Waals surface area contributed by atoms with E-state index in [-0.39, 0.29) is 0 Å². The normalized spacial score (nSPS) is 19.7. The van der Waals surface area contributed by atoms with Crippen LogP contribution in [0.3, 0.4) is 0 Å². The molecule has 1 saturated heterocycles. The highest BCUT2D eigenvalue weighted by Gasteiger charge is 2.34. The first-order valence-corrected chi connectivity index (χ1v) is 8.13. The molecule has 21 heavy (non-hydrogen) atoms. The van der Waals surface area contributed by atoms with Crippen LogP contribution in [0.15, 0.2) is 24.3 Å². The third-order valence-electron chi connectivity index (χ3n) is 4.71. The second-order valence-electron chi connectivity index (χ2n) is 6.26. The van der Waals surface area contributed by atoms with Crippen molar-refractivity contribution in [2.75, 3.05) is 40.4 Å². The number of nitrogens with zero attached hydrogens (tertiary/aromatic N) is 1. The van der Waals surface area contributed by atoms with Gasteiger partial charge < -0.3 is 10.1 Å². The Kier molecular flexibility index (Phi) is 6.06. The zero-order chi connectivity index (χ0) is 15.3. The molecule has 4 heteroatoms. The molecule has 1 N–H and O–H groups in total. The fourth-order valence-corrected chi connectivity index (χ4v) is 3.58. The minimum Gasteiger partial charge on any atom is -0.381 e. The molecule has 0 aromatic heterocycles. The van der Waals surface area contributed by atoms with Gasteiger partial charge in [-0.1, -0.05) is 29.8 Å². The number of hydrogen-bond acceptors (Lipinski definition) is 3. The summed E-state index contributed by atoms with van der Waals surface area (Å²) in [6.45, 7) is 6.07. The largest absolute Gasteiger partial charge is 0.381 e. The first-order valence-electron chi connectivity index (χ1n) is 7.75. The number of nitrogens with one attached hydrogen (secondary N) is 1. The Hall–Kier alpha value is -0.610. The summed E-state index contributed by atoms with van der Waals surface area (Å²) in [4.78, 5) is 2.42. The molecule has 1 atom stereocenters. The van der Waals surface area contributed by atoms with Crippen molar-refractivity contribution in [2.45, 2.75) is 25.8 Å². The standard InChI is InChI=1S/C17H27ClN2O/c1-14(15-6-4-5-7-16(15)18)20(3)13-17(12-19-2)8-10-21-11-9-17/h4-7,14,19H,8-13H2,1-3H3. The van der Waals surface area contributed by atoms with Gasteiger partial charge in [0.2, 0.25) is 0 Å². The Morgan fingerprint density at radius 2 is 2.00 bits per heavy atom. The molecule has 3 nitrogen and oxygen atoms in total. The van der Waals surface area contributed by atoms with Gasteiger partial charge in [0.1, 0.15) is 0 Å². The van der Waals surface area contributed by atoms with Crippen LogP contribution < -0.4 is 5.32 Å². The number of benzene rings is 1. The zero-order valence-corrected chi connectivity index (χ0v) is 14.1. The maximum atomic E-state index is 6.34. The van der Waals surface area contributed by atoms with Gasteiger partial charge in [-0.2, -0.15) is 0 Å². The lowest BCUT2D eigenvalue weighted by atomic mass is 9.79. The Balaban J connectivity index is 2.08. The lowest BCUT2D eigenvalue weighted by molar-refractivity contribution is -0.00491. The van der Waals surface area contributed by atoms with E-state index in [4.69, 9.17) is 16.3 Å². The highest BCUT2D eigenvalue weighted by atomic mass is 35.5. The zero-order valence-electron chi connectivity index (χ0n) is 13.4. The summed E-state index contributed by atoms with van der Waals surface area (Å²) in [5.41, 5.74) is 1.51.